The fraction of sp³-hybridized carbons (Fsp3) is 0.957. The first kappa shape index (κ1) is 58.4. The van der Waals surface area contributed by atoms with Crippen LogP contribution in [0.3, 0.4) is 0 Å². The van der Waals surface area contributed by atoms with Crippen LogP contribution in [-0.2, 0) is 37.2 Å². The Kier molecular flexibility index (Phi) is 43.0. The van der Waals surface area contributed by atoms with Gasteiger partial charge >= 0.3 is 19.8 Å². The van der Waals surface area contributed by atoms with E-state index in [4.69, 9.17) is 23.0 Å². The molecule has 9 nitrogen and oxygen atoms in total. The molecule has 0 spiro atoms. The molecule has 0 bridgehead atoms. The Hall–Kier alpha value is -0.700. The molecule has 11 heteroatoms. The topological polar surface area (TPSA) is 97.4 Å². The first-order chi connectivity index (χ1) is 27.0. The Morgan fingerprint density at radius 2 is 0.825 bits per heavy atom. The lowest BCUT2D eigenvalue weighted by atomic mass is 10.0. The van der Waals surface area contributed by atoms with Gasteiger partial charge in [-0.15, -0.1) is 0 Å². The standard InChI is InChI=1S/C46H93NO8P.ClH/c1-7-10-12-14-16-18-20-22-24-26-28-30-32-34-36-38-45(48)51-42-44(43-54-56(50,52-9-3)53-41-40-47(4,5)6)55-46(49)39-37-35-33-31-29-27-25-23-21-19-17-15-13-11-8-2;/h44H,7-43H2,1-6H3;1H/q+1;/p-1/t44-,56?;/m1./s1. The van der Waals surface area contributed by atoms with Gasteiger partial charge in [-0.25, -0.2) is 4.57 Å². The first-order valence-corrected chi connectivity index (χ1v) is 25.2. The van der Waals surface area contributed by atoms with E-state index in [1.807, 2.05) is 21.1 Å². The van der Waals surface area contributed by atoms with Gasteiger partial charge in [0.2, 0.25) is 0 Å². The molecule has 0 aliphatic carbocycles. The summed E-state index contributed by atoms with van der Waals surface area (Å²) in [6.07, 6.45) is 37.5. The Balaban J connectivity index is 0. The number of phosphoric ester groups is 1. The van der Waals surface area contributed by atoms with Crippen LogP contribution in [0.5, 0.6) is 0 Å². The molecule has 0 aromatic rings. The molecule has 0 radical (unpaired) electrons. The minimum absolute atomic E-state index is 0. The molecular weight excluding hydrogens is 761 g/mol. The third-order valence-electron chi connectivity index (χ3n) is 10.4. The Labute approximate surface area is 359 Å². The SMILES string of the molecule is CCCCCCCCCCCCCCCCCC(=O)OC[C@H](COP(=O)(OCC)OCC[N+](C)(C)C)OC(=O)CCCCCCCCCCCCCCCCC.[Cl-]. The number of unbranched alkanes of at least 4 members (excludes halogenated alkanes) is 28. The van der Waals surface area contributed by atoms with Crippen LogP contribution in [0.15, 0.2) is 0 Å². The van der Waals surface area contributed by atoms with E-state index in [2.05, 4.69) is 13.8 Å². The highest BCUT2D eigenvalue weighted by Gasteiger charge is 2.30. The number of carbonyl (C=O) groups excluding carboxylic acids is 2. The van der Waals surface area contributed by atoms with Crippen molar-refractivity contribution in [3.63, 3.8) is 0 Å². The fourth-order valence-corrected chi connectivity index (χ4v) is 7.97. The van der Waals surface area contributed by atoms with Crippen LogP contribution in [0, 0.1) is 0 Å². The Bertz CT molecular complexity index is 935. The molecule has 0 aliphatic rings. The van der Waals surface area contributed by atoms with Crippen LogP contribution in [0.2, 0.25) is 0 Å². The maximum Gasteiger partial charge on any atom is 0.475 e. The van der Waals surface area contributed by atoms with Crippen molar-refractivity contribution in [1.29, 1.82) is 0 Å². The molecule has 0 aromatic heterocycles. The number of rotatable bonds is 44. The van der Waals surface area contributed by atoms with Crippen LogP contribution >= 0.6 is 7.82 Å². The summed E-state index contributed by atoms with van der Waals surface area (Å²) in [5.74, 6) is -0.695. The van der Waals surface area contributed by atoms with Gasteiger partial charge in [0.25, 0.3) is 0 Å². The number of ether oxygens (including phenoxy) is 2. The molecule has 342 valence electrons. The number of quaternary nitrogens is 1. The maximum absolute atomic E-state index is 13.3. The predicted octanol–water partition coefficient (Wildman–Crippen LogP) is 10.9. The van der Waals surface area contributed by atoms with Gasteiger partial charge in [-0.2, -0.15) is 0 Å². The van der Waals surface area contributed by atoms with Crippen LogP contribution in [0.1, 0.15) is 226 Å². The third-order valence-corrected chi connectivity index (χ3v) is 12.0. The fourth-order valence-electron chi connectivity index (χ4n) is 6.77. The van der Waals surface area contributed by atoms with Crippen molar-refractivity contribution in [3.05, 3.63) is 0 Å². The van der Waals surface area contributed by atoms with Gasteiger partial charge in [0.05, 0.1) is 34.4 Å². The van der Waals surface area contributed by atoms with Gasteiger partial charge in [0, 0.05) is 12.8 Å². The van der Waals surface area contributed by atoms with Crippen molar-refractivity contribution in [2.75, 3.05) is 54.1 Å². The molecule has 0 amide bonds. The summed E-state index contributed by atoms with van der Waals surface area (Å²) in [7, 11) is 2.14. The molecule has 0 aromatic carbocycles. The van der Waals surface area contributed by atoms with Crippen molar-refractivity contribution in [3.8, 4) is 0 Å². The molecule has 0 fully saturated rings. The average molecular weight is 855 g/mol. The second-order valence-electron chi connectivity index (χ2n) is 17.2. The van der Waals surface area contributed by atoms with Crippen molar-refractivity contribution in [2.24, 2.45) is 0 Å². The van der Waals surface area contributed by atoms with E-state index < -0.39 is 13.9 Å². The summed E-state index contributed by atoms with van der Waals surface area (Å²) >= 11 is 0. The number of halogens is 1. The second kappa shape index (κ2) is 42.0. The van der Waals surface area contributed by atoms with E-state index >= 15 is 0 Å². The average Bonchev–Trinajstić information content (AvgIpc) is 3.15. The van der Waals surface area contributed by atoms with Gasteiger partial charge in [0.15, 0.2) is 6.10 Å². The highest BCUT2D eigenvalue weighted by molar-refractivity contribution is 7.48. The van der Waals surface area contributed by atoms with Crippen molar-refractivity contribution in [1.82, 2.24) is 0 Å². The lowest BCUT2D eigenvalue weighted by Crippen LogP contribution is -3.00. The molecule has 0 saturated heterocycles. The van der Waals surface area contributed by atoms with Gasteiger partial charge in [-0.05, 0) is 19.8 Å². The monoisotopic (exact) mass is 854 g/mol. The molecular formula is C46H93ClNO8P. The van der Waals surface area contributed by atoms with Gasteiger partial charge < -0.3 is 26.4 Å². The van der Waals surface area contributed by atoms with Crippen LogP contribution in [0.4, 0.5) is 0 Å². The number of carbonyl (C=O) groups is 2. The first-order valence-electron chi connectivity index (χ1n) is 23.7. The predicted molar refractivity (Wildman–Crippen MR) is 234 cm³/mol. The largest absolute Gasteiger partial charge is 1.00 e. The summed E-state index contributed by atoms with van der Waals surface area (Å²) in [4.78, 5) is 25.5. The highest BCUT2D eigenvalue weighted by Crippen LogP contribution is 2.49. The molecule has 57 heavy (non-hydrogen) atoms. The zero-order valence-electron chi connectivity index (χ0n) is 38.3. The van der Waals surface area contributed by atoms with Gasteiger partial charge in [-0.3, -0.25) is 23.2 Å². The van der Waals surface area contributed by atoms with E-state index in [1.54, 1.807) is 6.92 Å². The Morgan fingerprint density at radius 3 is 1.18 bits per heavy atom. The maximum atomic E-state index is 13.3. The molecule has 0 heterocycles. The van der Waals surface area contributed by atoms with Crippen LogP contribution < -0.4 is 12.4 Å². The molecule has 0 N–H and O–H groups in total. The zero-order chi connectivity index (χ0) is 41.4. The second-order valence-corrected chi connectivity index (χ2v) is 18.9. The van der Waals surface area contributed by atoms with Gasteiger partial charge in [0.1, 0.15) is 19.8 Å². The van der Waals surface area contributed by atoms with Gasteiger partial charge in [-0.1, -0.05) is 194 Å². The van der Waals surface area contributed by atoms with Crippen LogP contribution in [-0.4, -0.2) is 76.6 Å². The van der Waals surface area contributed by atoms with E-state index in [9.17, 15) is 14.2 Å². The molecule has 2 atom stereocenters. The zero-order valence-corrected chi connectivity index (χ0v) is 39.9. The third kappa shape index (κ3) is 43.2. The summed E-state index contributed by atoms with van der Waals surface area (Å²) in [6.45, 7) is 6.76. The lowest BCUT2D eigenvalue weighted by molar-refractivity contribution is -0.870. The normalized spacial score (nSPS) is 13.2. The number of phosphoric acid groups is 1. The van der Waals surface area contributed by atoms with Crippen molar-refractivity contribution in [2.45, 2.75) is 232 Å². The summed E-state index contributed by atoms with van der Waals surface area (Å²) in [6, 6.07) is 0. The minimum atomic E-state index is -3.89. The van der Waals surface area contributed by atoms with E-state index in [0.717, 1.165) is 38.5 Å². The number of likely N-dealkylation sites (N-methyl/N-ethyl adjacent to an activating group) is 1. The van der Waals surface area contributed by atoms with E-state index in [1.165, 1.54) is 154 Å². The number of hydrogen-bond donors (Lipinski definition) is 0. The number of hydrogen-bond acceptors (Lipinski definition) is 8. The summed E-state index contributed by atoms with van der Waals surface area (Å²) < 4.78 is 41.8. The molecule has 0 rings (SSSR count). The smallest absolute Gasteiger partial charge is 0.475 e. The number of nitrogens with zero attached hydrogens (tertiary/aromatic N) is 1. The van der Waals surface area contributed by atoms with Crippen LogP contribution in [0.25, 0.3) is 0 Å². The summed E-state index contributed by atoms with van der Waals surface area (Å²) in [5.41, 5.74) is 0. The van der Waals surface area contributed by atoms with E-state index in [-0.39, 0.29) is 57.2 Å². The molecule has 0 aliphatic heterocycles. The van der Waals surface area contributed by atoms with Crippen molar-refractivity contribution >= 4 is 19.8 Å². The Morgan fingerprint density at radius 1 is 0.474 bits per heavy atom. The minimum Gasteiger partial charge on any atom is -1.00 e. The quantitative estimate of drug-likeness (QED) is 0.0259. The van der Waals surface area contributed by atoms with Crippen molar-refractivity contribution < 1.29 is 54.1 Å². The summed E-state index contributed by atoms with van der Waals surface area (Å²) in [5, 5.41) is 0. The van der Waals surface area contributed by atoms with E-state index in [0.29, 0.717) is 17.4 Å². The molecule has 0 saturated carbocycles. The molecule has 1 unspecified atom stereocenters. The number of esters is 2. The highest BCUT2D eigenvalue weighted by atomic mass is 35.5. The lowest BCUT2D eigenvalue weighted by Gasteiger charge is -2.25.